The minimum atomic E-state index is -0.321. The van der Waals surface area contributed by atoms with Gasteiger partial charge in [-0.15, -0.1) is 0 Å². The van der Waals surface area contributed by atoms with Crippen LogP contribution in [0.3, 0.4) is 0 Å². The molecule has 6 heteroatoms. The number of nitrogens with zero attached hydrogens (tertiary/aromatic N) is 2. The maximum Gasteiger partial charge on any atom is 0.420 e. The Morgan fingerprint density at radius 3 is 2.68 bits per heavy atom. The molecule has 1 unspecified atom stereocenters. The molecule has 0 saturated carbocycles. The third-order valence-corrected chi connectivity index (χ3v) is 5.51. The summed E-state index contributed by atoms with van der Waals surface area (Å²) in [6.45, 7) is 2.08. The van der Waals surface area contributed by atoms with Gasteiger partial charge in [0.2, 0.25) is 0 Å². The minimum Gasteiger partial charge on any atom is -0.464 e. The molecule has 0 amide bonds. The molecule has 4 aromatic rings. The molecule has 5 rings (SSSR count). The van der Waals surface area contributed by atoms with E-state index in [1.807, 2.05) is 36.4 Å². The molecule has 142 valence electrons. The molecule has 0 radical (unpaired) electrons. The van der Waals surface area contributed by atoms with E-state index in [4.69, 9.17) is 8.83 Å². The number of hydrogen-bond donors (Lipinski definition) is 0. The van der Waals surface area contributed by atoms with Crippen LogP contribution in [0, 0.1) is 0 Å². The van der Waals surface area contributed by atoms with E-state index in [0.29, 0.717) is 35.2 Å². The molecule has 0 bridgehead atoms. The highest BCUT2D eigenvalue weighted by Gasteiger charge is 2.25. The van der Waals surface area contributed by atoms with Crippen LogP contribution in [0.1, 0.15) is 24.4 Å². The molecular formula is C22H20N2O4. The fraction of sp³-hybridized carbons (Fsp3) is 0.273. The summed E-state index contributed by atoms with van der Waals surface area (Å²) in [6.07, 6.45) is 3.43. The van der Waals surface area contributed by atoms with Crippen LogP contribution in [0.2, 0.25) is 0 Å². The summed E-state index contributed by atoms with van der Waals surface area (Å²) in [7, 11) is 0. The summed E-state index contributed by atoms with van der Waals surface area (Å²) in [5.41, 5.74) is 2.69. The van der Waals surface area contributed by atoms with Crippen molar-refractivity contribution in [1.29, 1.82) is 0 Å². The highest BCUT2D eigenvalue weighted by Crippen LogP contribution is 2.25. The molecule has 1 aliphatic rings. The van der Waals surface area contributed by atoms with Crippen LogP contribution >= 0.6 is 0 Å². The number of piperidine rings is 1. The summed E-state index contributed by atoms with van der Waals surface area (Å²) < 4.78 is 12.8. The van der Waals surface area contributed by atoms with Gasteiger partial charge in [-0.05, 0) is 43.7 Å². The third-order valence-electron chi connectivity index (χ3n) is 5.51. The Kier molecular flexibility index (Phi) is 4.13. The summed E-state index contributed by atoms with van der Waals surface area (Å²) in [4.78, 5) is 27.4. The summed E-state index contributed by atoms with van der Waals surface area (Å²) >= 11 is 0. The van der Waals surface area contributed by atoms with Crippen LogP contribution in [-0.4, -0.2) is 22.6 Å². The Morgan fingerprint density at radius 2 is 1.79 bits per heavy atom. The summed E-state index contributed by atoms with van der Waals surface area (Å²) in [5.74, 6) is -0.321. The van der Waals surface area contributed by atoms with E-state index < -0.39 is 0 Å². The SMILES string of the molecule is O=c1c(CN2CCCC(n3c(=O)oc4ccccc43)C2)coc2ccccc12. The first-order valence-corrected chi connectivity index (χ1v) is 9.52. The average Bonchev–Trinajstić information content (AvgIpc) is 3.06. The summed E-state index contributed by atoms with van der Waals surface area (Å²) in [5, 5.41) is 0.602. The van der Waals surface area contributed by atoms with Gasteiger partial charge in [0, 0.05) is 18.7 Å². The molecule has 0 N–H and O–H groups in total. The van der Waals surface area contributed by atoms with Gasteiger partial charge in [-0.25, -0.2) is 4.79 Å². The zero-order chi connectivity index (χ0) is 19.1. The van der Waals surface area contributed by atoms with E-state index >= 15 is 0 Å². The predicted octanol–water partition coefficient (Wildman–Crippen LogP) is 3.54. The van der Waals surface area contributed by atoms with Crippen LogP contribution in [0.5, 0.6) is 0 Å². The Hall–Kier alpha value is -3.12. The lowest BCUT2D eigenvalue weighted by atomic mass is 10.0. The van der Waals surface area contributed by atoms with Gasteiger partial charge in [0.1, 0.15) is 5.58 Å². The van der Waals surface area contributed by atoms with Crippen LogP contribution in [0.15, 0.2) is 73.2 Å². The number of oxazole rings is 1. The lowest BCUT2D eigenvalue weighted by Crippen LogP contribution is -2.39. The predicted molar refractivity (Wildman–Crippen MR) is 107 cm³/mol. The first kappa shape index (κ1) is 17.0. The maximum absolute atomic E-state index is 12.8. The molecule has 1 atom stereocenters. The fourth-order valence-electron chi connectivity index (χ4n) is 4.18. The number of fused-ring (bicyclic) bond motifs is 2. The molecule has 2 aromatic heterocycles. The fourth-order valence-corrected chi connectivity index (χ4v) is 4.18. The van der Waals surface area contributed by atoms with Gasteiger partial charge in [-0.3, -0.25) is 14.3 Å². The van der Waals surface area contributed by atoms with Crippen LogP contribution in [0.25, 0.3) is 22.1 Å². The average molecular weight is 376 g/mol. The Morgan fingerprint density at radius 1 is 1.00 bits per heavy atom. The maximum atomic E-state index is 12.8. The second-order valence-electron chi connectivity index (χ2n) is 7.32. The van der Waals surface area contributed by atoms with Crippen molar-refractivity contribution >= 4 is 22.1 Å². The molecule has 3 heterocycles. The van der Waals surface area contributed by atoms with Crippen LogP contribution < -0.4 is 11.2 Å². The molecule has 1 fully saturated rings. The van der Waals surface area contributed by atoms with Gasteiger partial charge in [0.25, 0.3) is 0 Å². The molecule has 0 aliphatic carbocycles. The van der Waals surface area contributed by atoms with Crippen molar-refractivity contribution in [3.05, 3.63) is 81.1 Å². The molecule has 28 heavy (non-hydrogen) atoms. The highest BCUT2D eigenvalue weighted by atomic mass is 16.4. The van der Waals surface area contributed by atoms with Crippen LogP contribution in [-0.2, 0) is 6.54 Å². The second-order valence-corrected chi connectivity index (χ2v) is 7.32. The third kappa shape index (κ3) is 2.86. The normalized spacial score (nSPS) is 18.1. The number of likely N-dealkylation sites (tertiary alicyclic amines) is 1. The van der Waals surface area contributed by atoms with Crippen molar-refractivity contribution in [3.63, 3.8) is 0 Å². The van der Waals surface area contributed by atoms with Crippen molar-refractivity contribution in [3.8, 4) is 0 Å². The molecule has 6 nitrogen and oxygen atoms in total. The quantitative estimate of drug-likeness (QED) is 0.547. The number of aromatic nitrogens is 1. The van der Waals surface area contributed by atoms with Gasteiger partial charge in [0.15, 0.2) is 11.0 Å². The largest absolute Gasteiger partial charge is 0.464 e. The van der Waals surface area contributed by atoms with Gasteiger partial charge in [-0.1, -0.05) is 24.3 Å². The lowest BCUT2D eigenvalue weighted by Gasteiger charge is -2.32. The zero-order valence-electron chi connectivity index (χ0n) is 15.3. The lowest BCUT2D eigenvalue weighted by molar-refractivity contribution is 0.166. The van der Waals surface area contributed by atoms with Crippen molar-refractivity contribution in [2.45, 2.75) is 25.4 Å². The smallest absolute Gasteiger partial charge is 0.420 e. The Balaban J connectivity index is 1.43. The number of hydrogen-bond acceptors (Lipinski definition) is 5. The van der Waals surface area contributed by atoms with Gasteiger partial charge in [-0.2, -0.15) is 0 Å². The van der Waals surface area contributed by atoms with E-state index in [9.17, 15) is 9.59 Å². The van der Waals surface area contributed by atoms with Gasteiger partial charge >= 0.3 is 5.76 Å². The van der Waals surface area contributed by atoms with Crippen molar-refractivity contribution in [1.82, 2.24) is 9.47 Å². The number of benzene rings is 2. The molecule has 2 aromatic carbocycles. The van der Waals surface area contributed by atoms with Gasteiger partial charge in [0.05, 0.1) is 23.2 Å². The summed E-state index contributed by atoms with van der Waals surface area (Å²) in [6, 6.07) is 14.8. The molecular weight excluding hydrogens is 356 g/mol. The highest BCUT2D eigenvalue weighted by molar-refractivity contribution is 5.76. The number of para-hydroxylation sites is 3. The molecule has 1 aliphatic heterocycles. The van der Waals surface area contributed by atoms with Crippen molar-refractivity contribution in [2.24, 2.45) is 0 Å². The van der Waals surface area contributed by atoms with Gasteiger partial charge < -0.3 is 8.83 Å². The first-order chi connectivity index (χ1) is 13.7. The topological polar surface area (TPSA) is 68.6 Å². The monoisotopic (exact) mass is 376 g/mol. The number of rotatable bonds is 3. The molecule has 0 spiro atoms. The van der Waals surface area contributed by atoms with E-state index in [1.54, 1.807) is 23.0 Å². The van der Waals surface area contributed by atoms with E-state index in [2.05, 4.69) is 4.90 Å². The zero-order valence-corrected chi connectivity index (χ0v) is 15.3. The van der Waals surface area contributed by atoms with E-state index in [0.717, 1.165) is 24.9 Å². The Labute approximate surface area is 160 Å². The first-order valence-electron chi connectivity index (χ1n) is 9.52. The van der Waals surface area contributed by atoms with Crippen molar-refractivity contribution < 1.29 is 8.83 Å². The molecule has 1 saturated heterocycles. The van der Waals surface area contributed by atoms with E-state index in [1.165, 1.54) is 0 Å². The van der Waals surface area contributed by atoms with Crippen LogP contribution in [0.4, 0.5) is 0 Å². The Bertz CT molecular complexity index is 1270. The standard InChI is InChI=1S/C22H20N2O4/c25-21-15(14-27-19-9-3-1-7-17(19)21)12-23-11-5-6-16(13-23)24-18-8-2-4-10-20(18)28-22(24)26/h1-4,7-10,14,16H,5-6,11-13H2. The van der Waals surface area contributed by atoms with E-state index in [-0.39, 0.29) is 17.2 Å². The minimum absolute atomic E-state index is 0.00917. The van der Waals surface area contributed by atoms with Crippen molar-refractivity contribution in [2.75, 3.05) is 13.1 Å². The second kappa shape index (κ2) is 6.80.